The Morgan fingerprint density at radius 2 is 1.91 bits per heavy atom. The van der Waals surface area contributed by atoms with Gasteiger partial charge in [-0.05, 0) is 42.3 Å². The number of carbonyl (C=O) groups is 1. The molecule has 23 heavy (non-hydrogen) atoms. The predicted molar refractivity (Wildman–Crippen MR) is 95.8 cm³/mol. The third kappa shape index (κ3) is 4.78. The van der Waals surface area contributed by atoms with Crippen LogP contribution in [0.15, 0.2) is 36.4 Å². The van der Waals surface area contributed by atoms with Gasteiger partial charge < -0.3 is 15.7 Å². The van der Waals surface area contributed by atoms with Gasteiger partial charge in [-0.15, -0.1) is 0 Å². The lowest BCUT2D eigenvalue weighted by molar-refractivity contribution is 0.102. The molecule has 0 fully saturated rings. The molecule has 122 valence electrons. The second-order valence-corrected chi connectivity index (χ2v) is 6.43. The molecule has 0 aliphatic carbocycles. The summed E-state index contributed by atoms with van der Waals surface area (Å²) < 4.78 is 0. The van der Waals surface area contributed by atoms with Gasteiger partial charge in [0.15, 0.2) is 0 Å². The monoisotopic (exact) mass is 352 g/mol. The lowest BCUT2D eigenvalue weighted by atomic mass is 10.1. The van der Waals surface area contributed by atoms with Crippen molar-refractivity contribution in [2.24, 2.45) is 5.92 Å². The van der Waals surface area contributed by atoms with Crippen LogP contribution in [0.2, 0.25) is 10.0 Å². The topological polar surface area (TPSA) is 61.4 Å². The predicted octanol–water partition coefficient (Wildman–Crippen LogP) is 5.02. The molecule has 0 radical (unpaired) electrons. The van der Waals surface area contributed by atoms with Crippen LogP contribution in [0.4, 0.5) is 11.4 Å². The Morgan fingerprint density at radius 1 is 1.17 bits per heavy atom. The molecule has 2 aromatic rings. The summed E-state index contributed by atoms with van der Waals surface area (Å²) in [6.07, 6.45) is 0. The summed E-state index contributed by atoms with van der Waals surface area (Å²) in [5.74, 6) is -0.105. The fourth-order valence-corrected chi connectivity index (χ4v) is 2.33. The summed E-state index contributed by atoms with van der Waals surface area (Å²) in [6, 6.07) is 9.58. The zero-order valence-electron chi connectivity index (χ0n) is 12.9. The summed E-state index contributed by atoms with van der Waals surface area (Å²) in [5.41, 5.74) is 1.44. The number of hydrogen-bond donors (Lipinski definition) is 3. The second-order valence-electron chi connectivity index (χ2n) is 5.58. The highest BCUT2D eigenvalue weighted by Crippen LogP contribution is 2.28. The van der Waals surface area contributed by atoms with Crippen molar-refractivity contribution < 1.29 is 9.90 Å². The molecule has 2 aromatic carbocycles. The van der Waals surface area contributed by atoms with Gasteiger partial charge in [-0.25, -0.2) is 0 Å². The van der Waals surface area contributed by atoms with Crippen molar-refractivity contribution in [3.63, 3.8) is 0 Å². The summed E-state index contributed by atoms with van der Waals surface area (Å²) in [4.78, 5) is 12.2. The average Bonchev–Trinajstić information content (AvgIpc) is 2.50. The van der Waals surface area contributed by atoms with Gasteiger partial charge in [0.1, 0.15) is 5.75 Å². The van der Waals surface area contributed by atoms with Crippen molar-refractivity contribution in [3.8, 4) is 5.75 Å². The highest BCUT2D eigenvalue weighted by Gasteiger charge is 2.13. The quantitative estimate of drug-likeness (QED) is 0.707. The molecule has 0 bridgehead atoms. The third-order valence-electron chi connectivity index (χ3n) is 3.13. The van der Waals surface area contributed by atoms with Crippen LogP contribution < -0.4 is 10.6 Å². The molecule has 0 saturated heterocycles. The van der Waals surface area contributed by atoms with Crippen LogP contribution in [0.3, 0.4) is 0 Å². The number of rotatable bonds is 5. The third-order valence-corrected chi connectivity index (χ3v) is 3.68. The van der Waals surface area contributed by atoms with Crippen LogP contribution in [0.5, 0.6) is 5.75 Å². The molecule has 0 unspecified atom stereocenters. The van der Waals surface area contributed by atoms with E-state index >= 15 is 0 Å². The fourth-order valence-electron chi connectivity index (χ4n) is 1.93. The van der Waals surface area contributed by atoms with Gasteiger partial charge >= 0.3 is 0 Å². The molecule has 0 spiro atoms. The van der Waals surface area contributed by atoms with Gasteiger partial charge in [0.2, 0.25) is 0 Å². The fraction of sp³-hybridized carbons (Fsp3) is 0.235. The van der Waals surface area contributed by atoms with E-state index in [9.17, 15) is 9.90 Å². The van der Waals surface area contributed by atoms with Gasteiger partial charge in [0.05, 0.1) is 16.3 Å². The van der Waals surface area contributed by atoms with E-state index in [-0.39, 0.29) is 11.3 Å². The minimum atomic E-state index is -0.477. The molecule has 2 rings (SSSR count). The van der Waals surface area contributed by atoms with Crippen LogP contribution in [-0.4, -0.2) is 17.6 Å². The van der Waals surface area contributed by atoms with E-state index in [1.165, 1.54) is 18.2 Å². The number of aromatic hydroxyl groups is 1. The van der Waals surface area contributed by atoms with Gasteiger partial charge in [0.25, 0.3) is 5.91 Å². The summed E-state index contributed by atoms with van der Waals surface area (Å²) in [5, 5.41) is 16.5. The normalized spacial score (nSPS) is 10.7. The highest BCUT2D eigenvalue weighted by molar-refractivity contribution is 6.34. The summed E-state index contributed by atoms with van der Waals surface area (Å²) in [7, 11) is 0. The highest BCUT2D eigenvalue weighted by atomic mass is 35.5. The maximum absolute atomic E-state index is 12.2. The molecule has 0 heterocycles. The number of halogens is 2. The van der Waals surface area contributed by atoms with Crippen LogP contribution in [0, 0.1) is 5.92 Å². The van der Waals surface area contributed by atoms with Crippen molar-refractivity contribution in [1.82, 2.24) is 0 Å². The van der Waals surface area contributed by atoms with E-state index < -0.39 is 5.91 Å². The first-order valence-corrected chi connectivity index (χ1v) is 7.95. The smallest absolute Gasteiger partial charge is 0.259 e. The molecule has 1 amide bonds. The van der Waals surface area contributed by atoms with Crippen LogP contribution in [0.25, 0.3) is 0 Å². The van der Waals surface area contributed by atoms with E-state index in [1.807, 2.05) is 6.07 Å². The number of phenolic OH excluding ortho intramolecular Hbond substituents is 1. The number of amides is 1. The first kappa shape index (κ1) is 17.4. The minimum Gasteiger partial charge on any atom is -0.507 e. The lowest BCUT2D eigenvalue weighted by Gasteiger charge is -2.12. The second kappa shape index (κ2) is 7.57. The summed E-state index contributed by atoms with van der Waals surface area (Å²) >= 11 is 12.1. The number of benzene rings is 2. The standard InChI is InChI=1S/C17H18Cl2N2O2/c1-10(2)9-20-12-4-5-15(14(19)8-12)21-17(23)13-7-11(18)3-6-16(13)22/h3-8,10,20,22H,9H2,1-2H3,(H,21,23). The Bertz CT molecular complexity index is 718. The van der Waals surface area contributed by atoms with Crippen LogP contribution >= 0.6 is 23.2 Å². The number of nitrogens with one attached hydrogen (secondary N) is 2. The molecule has 0 aliphatic heterocycles. The Kier molecular flexibility index (Phi) is 5.74. The van der Waals surface area contributed by atoms with Crippen molar-refractivity contribution in [2.75, 3.05) is 17.2 Å². The number of hydrogen-bond acceptors (Lipinski definition) is 3. The average molecular weight is 353 g/mol. The van der Waals surface area contributed by atoms with Gasteiger partial charge in [-0.2, -0.15) is 0 Å². The van der Waals surface area contributed by atoms with Crippen LogP contribution in [0.1, 0.15) is 24.2 Å². The number of carbonyl (C=O) groups excluding carboxylic acids is 1. The molecule has 0 aliphatic rings. The molecular weight excluding hydrogens is 335 g/mol. The van der Waals surface area contributed by atoms with Crippen LogP contribution in [-0.2, 0) is 0 Å². The maximum Gasteiger partial charge on any atom is 0.259 e. The zero-order chi connectivity index (χ0) is 17.0. The molecule has 0 saturated carbocycles. The first-order chi connectivity index (χ1) is 10.9. The minimum absolute atomic E-state index is 0.0931. The Balaban J connectivity index is 2.13. The van der Waals surface area contributed by atoms with E-state index in [4.69, 9.17) is 23.2 Å². The number of phenols is 1. The van der Waals surface area contributed by atoms with E-state index in [2.05, 4.69) is 24.5 Å². The molecule has 3 N–H and O–H groups in total. The SMILES string of the molecule is CC(C)CNc1ccc(NC(=O)c2cc(Cl)ccc2O)c(Cl)c1. The van der Waals surface area contributed by atoms with Crippen molar-refractivity contribution >= 4 is 40.5 Å². The first-order valence-electron chi connectivity index (χ1n) is 7.20. The summed E-state index contributed by atoms with van der Waals surface area (Å²) in [6.45, 7) is 5.06. The number of anilines is 2. The van der Waals surface area contributed by atoms with Crippen molar-refractivity contribution in [2.45, 2.75) is 13.8 Å². The molecular formula is C17H18Cl2N2O2. The van der Waals surface area contributed by atoms with Gasteiger partial charge in [-0.3, -0.25) is 4.79 Å². The van der Waals surface area contributed by atoms with E-state index in [0.717, 1.165) is 12.2 Å². The van der Waals surface area contributed by atoms with E-state index in [1.54, 1.807) is 12.1 Å². The van der Waals surface area contributed by atoms with Gasteiger partial charge in [-0.1, -0.05) is 37.0 Å². The Labute approximate surface area is 145 Å². The lowest BCUT2D eigenvalue weighted by Crippen LogP contribution is -2.13. The van der Waals surface area contributed by atoms with E-state index in [0.29, 0.717) is 21.7 Å². The molecule has 0 atom stereocenters. The molecule has 0 aromatic heterocycles. The Morgan fingerprint density at radius 3 is 2.57 bits per heavy atom. The van der Waals surface area contributed by atoms with Crippen molar-refractivity contribution in [3.05, 3.63) is 52.0 Å². The molecule has 4 nitrogen and oxygen atoms in total. The van der Waals surface area contributed by atoms with Gasteiger partial charge in [0, 0.05) is 17.3 Å². The van der Waals surface area contributed by atoms with Crippen molar-refractivity contribution in [1.29, 1.82) is 0 Å². The Hall–Kier alpha value is -1.91. The zero-order valence-corrected chi connectivity index (χ0v) is 14.4. The molecule has 6 heteroatoms. The largest absolute Gasteiger partial charge is 0.507 e. The maximum atomic E-state index is 12.2.